The third-order valence-corrected chi connectivity index (χ3v) is 10.3. The lowest BCUT2D eigenvalue weighted by Gasteiger charge is -2.35. The fourth-order valence-electron chi connectivity index (χ4n) is 1.81. The summed E-state index contributed by atoms with van der Waals surface area (Å²) < 4.78 is 0. The molecule has 0 aliphatic carbocycles. The summed E-state index contributed by atoms with van der Waals surface area (Å²) in [6.45, 7) is 13.6. The van der Waals surface area contributed by atoms with Crippen LogP contribution in [0.15, 0.2) is 0 Å². The summed E-state index contributed by atoms with van der Waals surface area (Å²) >= 11 is 2.28. The summed E-state index contributed by atoms with van der Waals surface area (Å²) in [7, 11) is 0.174. The molecule has 1 nitrogen and oxygen atoms in total. The molecule has 3 heteroatoms. The van der Waals surface area contributed by atoms with Crippen molar-refractivity contribution in [2.24, 2.45) is 0 Å². The number of hydrogen-bond acceptors (Lipinski definition) is 2. The van der Waals surface area contributed by atoms with Crippen molar-refractivity contribution < 1.29 is 0 Å². The van der Waals surface area contributed by atoms with E-state index in [1.54, 1.807) is 0 Å². The van der Waals surface area contributed by atoms with Gasteiger partial charge in [0, 0.05) is 12.3 Å². The maximum atomic E-state index is 2.59. The number of hydrogen-bond donors (Lipinski definition) is 0. The molecule has 1 fully saturated rings. The van der Waals surface area contributed by atoms with Gasteiger partial charge in [0.15, 0.2) is 0 Å². The topological polar surface area (TPSA) is 3.24 Å². The number of rotatable bonds is 8. The van der Waals surface area contributed by atoms with Crippen LogP contribution in [0.4, 0.5) is 0 Å². The van der Waals surface area contributed by atoms with Crippen molar-refractivity contribution in [3.8, 4) is 0 Å². The second-order valence-corrected chi connectivity index (χ2v) is 10.5. The van der Waals surface area contributed by atoms with Crippen molar-refractivity contribution in [3.63, 3.8) is 0 Å². The van der Waals surface area contributed by atoms with Gasteiger partial charge < -0.3 is 4.90 Å². The monoisotopic (exact) mass is 261 g/mol. The predicted molar refractivity (Wildman–Crippen MR) is 80.0 cm³/mol. The van der Waals surface area contributed by atoms with Crippen LogP contribution in [0, 0.1) is 0 Å². The zero-order valence-electron chi connectivity index (χ0n) is 11.5. The van der Waals surface area contributed by atoms with E-state index < -0.39 is 0 Å². The third-order valence-electron chi connectivity index (χ3n) is 3.57. The van der Waals surface area contributed by atoms with Gasteiger partial charge in [-0.05, 0) is 44.4 Å². The molecule has 0 N–H and O–H groups in total. The molecule has 0 radical (unpaired) electrons. The highest BCUT2D eigenvalue weighted by Crippen LogP contribution is 2.61. The highest BCUT2D eigenvalue weighted by Gasteiger charge is 2.27. The Morgan fingerprint density at radius 2 is 1.94 bits per heavy atom. The average Bonchev–Trinajstić information content (AvgIpc) is 2.20. The molecule has 0 aromatic rings. The van der Waals surface area contributed by atoms with E-state index in [0.29, 0.717) is 5.16 Å². The molecule has 1 saturated heterocycles. The summed E-state index contributed by atoms with van der Waals surface area (Å²) in [4.78, 5) is 2.59. The first-order chi connectivity index (χ1) is 7.60. The minimum atomic E-state index is 0.174. The predicted octanol–water partition coefficient (Wildman–Crippen LogP) is 4.42. The van der Waals surface area contributed by atoms with Crippen LogP contribution in [0.1, 0.15) is 47.0 Å². The van der Waals surface area contributed by atoms with Crippen LogP contribution in [0.25, 0.3) is 0 Å². The van der Waals surface area contributed by atoms with Crippen molar-refractivity contribution >= 4 is 18.5 Å². The van der Waals surface area contributed by atoms with Crippen LogP contribution in [0.5, 0.6) is 0 Å². The van der Waals surface area contributed by atoms with Crippen molar-refractivity contribution in [3.05, 3.63) is 0 Å². The normalized spacial score (nSPS) is 19.5. The van der Waals surface area contributed by atoms with Gasteiger partial charge >= 0.3 is 0 Å². The van der Waals surface area contributed by atoms with E-state index >= 15 is 0 Å². The first kappa shape index (κ1) is 14.8. The molecule has 1 aliphatic heterocycles. The minimum absolute atomic E-state index is 0.174. The lowest BCUT2D eigenvalue weighted by molar-refractivity contribution is 0.194. The van der Waals surface area contributed by atoms with Gasteiger partial charge in [0.05, 0.1) is 0 Å². The highest BCUT2D eigenvalue weighted by atomic mass is 32.7. The standard InChI is InChI=1S/C13H28NPS/c1-5-11-15(13(3,4)6-2)16-12-10-14-8-7-9-14/h5-12H2,1-4H3. The molecule has 1 rings (SSSR count). The Kier molecular flexibility index (Phi) is 6.69. The van der Waals surface area contributed by atoms with Crippen LogP contribution in [-0.4, -0.2) is 41.6 Å². The Hall–Kier alpha value is 0.740. The fourth-order valence-corrected chi connectivity index (χ4v) is 7.49. The molecule has 0 saturated carbocycles. The van der Waals surface area contributed by atoms with Crippen LogP contribution in [-0.2, 0) is 0 Å². The van der Waals surface area contributed by atoms with Crippen molar-refractivity contribution in [2.75, 3.05) is 31.5 Å². The van der Waals surface area contributed by atoms with E-state index in [9.17, 15) is 0 Å². The molecule has 0 aromatic heterocycles. The van der Waals surface area contributed by atoms with Crippen molar-refractivity contribution in [2.45, 2.75) is 52.1 Å². The van der Waals surface area contributed by atoms with Gasteiger partial charge in [0.1, 0.15) is 0 Å². The molecule has 1 atom stereocenters. The molecule has 16 heavy (non-hydrogen) atoms. The van der Waals surface area contributed by atoms with Crippen LogP contribution in [0.3, 0.4) is 0 Å². The molecular weight excluding hydrogens is 233 g/mol. The molecule has 0 bridgehead atoms. The van der Waals surface area contributed by atoms with Gasteiger partial charge in [0.2, 0.25) is 0 Å². The summed E-state index contributed by atoms with van der Waals surface area (Å²) in [6.07, 6.45) is 5.55. The second kappa shape index (κ2) is 7.24. The van der Waals surface area contributed by atoms with Crippen LogP contribution < -0.4 is 0 Å². The maximum Gasteiger partial charge on any atom is 0.0102 e. The Morgan fingerprint density at radius 1 is 1.25 bits per heavy atom. The molecule has 0 spiro atoms. The Bertz CT molecular complexity index is 192. The Balaban J connectivity index is 2.26. The quantitative estimate of drug-likeness (QED) is 0.595. The lowest BCUT2D eigenvalue weighted by Crippen LogP contribution is -2.38. The summed E-state index contributed by atoms with van der Waals surface area (Å²) in [5.74, 6) is 1.36. The minimum Gasteiger partial charge on any atom is -0.302 e. The molecule has 0 aromatic carbocycles. The first-order valence-electron chi connectivity index (χ1n) is 6.73. The van der Waals surface area contributed by atoms with E-state index in [0.717, 1.165) is 0 Å². The molecule has 1 unspecified atom stereocenters. The first-order valence-corrected chi connectivity index (χ1v) is 9.85. The van der Waals surface area contributed by atoms with E-state index in [4.69, 9.17) is 0 Å². The van der Waals surface area contributed by atoms with Crippen molar-refractivity contribution in [1.82, 2.24) is 4.90 Å². The van der Waals surface area contributed by atoms with E-state index in [1.807, 2.05) is 0 Å². The van der Waals surface area contributed by atoms with E-state index in [2.05, 4.69) is 44.0 Å². The highest BCUT2D eigenvalue weighted by molar-refractivity contribution is 8.56. The molecule has 0 amide bonds. The average molecular weight is 261 g/mol. The lowest BCUT2D eigenvalue weighted by atomic mass is 10.1. The third kappa shape index (κ3) is 4.55. The maximum absolute atomic E-state index is 2.59. The van der Waals surface area contributed by atoms with E-state index in [-0.39, 0.29) is 7.12 Å². The number of likely N-dealkylation sites (tertiary alicyclic amines) is 1. The summed E-state index contributed by atoms with van der Waals surface area (Å²) in [6, 6.07) is 0. The van der Waals surface area contributed by atoms with Gasteiger partial charge in [0.25, 0.3) is 0 Å². The van der Waals surface area contributed by atoms with Crippen LogP contribution >= 0.6 is 18.5 Å². The molecular formula is C13H28NPS. The Labute approximate surface area is 107 Å². The van der Waals surface area contributed by atoms with Gasteiger partial charge in [-0.1, -0.05) is 34.1 Å². The smallest absolute Gasteiger partial charge is 0.0102 e. The molecule has 96 valence electrons. The second-order valence-electron chi connectivity index (χ2n) is 5.30. The van der Waals surface area contributed by atoms with E-state index in [1.165, 1.54) is 50.8 Å². The zero-order valence-corrected chi connectivity index (χ0v) is 13.2. The zero-order chi connectivity index (χ0) is 12.0. The molecule has 1 heterocycles. The van der Waals surface area contributed by atoms with Gasteiger partial charge in [-0.15, -0.1) is 11.4 Å². The largest absolute Gasteiger partial charge is 0.302 e. The van der Waals surface area contributed by atoms with Gasteiger partial charge in [-0.3, -0.25) is 0 Å². The molecule has 1 aliphatic rings. The van der Waals surface area contributed by atoms with Gasteiger partial charge in [-0.25, -0.2) is 0 Å². The Morgan fingerprint density at radius 3 is 2.38 bits per heavy atom. The summed E-state index contributed by atoms with van der Waals surface area (Å²) in [5.41, 5.74) is 0. The fraction of sp³-hybridized carbons (Fsp3) is 1.00. The van der Waals surface area contributed by atoms with Crippen molar-refractivity contribution in [1.29, 1.82) is 0 Å². The SMILES string of the molecule is CCCP(SCCN1CCC1)C(C)(C)CC. The number of nitrogens with zero attached hydrogens (tertiary/aromatic N) is 1. The van der Waals surface area contributed by atoms with Gasteiger partial charge in [-0.2, -0.15) is 0 Å². The van der Waals surface area contributed by atoms with Crippen LogP contribution in [0.2, 0.25) is 0 Å². The summed E-state index contributed by atoms with van der Waals surface area (Å²) in [5, 5.41) is 0.574.